The second-order valence-electron chi connectivity index (χ2n) is 9.03. The van der Waals surface area contributed by atoms with Crippen LogP contribution in [0.15, 0.2) is 47.6 Å². The molecule has 6 heteroatoms. The smallest absolute Gasteiger partial charge is 0.254 e. The van der Waals surface area contributed by atoms with E-state index in [0.29, 0.717) is 11.8 Å². The van der Waals surface area contributed by atoms with Gasteiger partial charge in [0.2, 0.25) is 0 Å². The molecule has 5 aliphatic rings. The summed E-state index contributed by atoms with van der Waals surface area (Å²) in [5, 5.41) is 5.46. The van der Waals surface area contributed by atoms with Crippen molar-refractivity contribution >= 4 is 18.0 Å². The van der Waals surface area contributed by atoms with Gasteiger partial charge < -0.3 is 4.57 Å². The van der Waals surface area contributed by atoms with Gasteiger partial charge in [0.05, 0.1) is 18.1 Å². The van der Waals surface area contributed by atoms with Gasteiger partial charge in [0.1, 0.15) is 5.82 Å². The van der Waals surface area contributed by atoms with Crippen molar-refractivity contribution < 1.29 is 14.0 Å². The third-order valence-electron chi connectivity index (χ3n) is 7.51. The van der Waals surface area contributed by atoms with Crippen LogP contribution < -0.4 is 0 Å². The minimum Gasteiger partial charge on any atom is -0.318 e. The Morgan fingerprint density at radius 1 is 1.00 bits per heavy atom. The van der Waals surface area contributed by atoms with E-state index in [1.807, 2.05) is 24.5 Å². The first-order valence-corrected chi connectivity index (χ1v) is 10.5. The van der Waals surface area contributed by atoms with Crippen molar-refractivity contribution in [1.82, 2.24) is 9.58 Å². The first-order chi connectivity index (χ1) is 14.5. The van der Waals surface area contributed by atoms with E-state index in [1.165, 1.54) is 12.1 Å². The molecule has 4 aliphatic carbocycles. The highest BCUT2D eigenvalue weighted by Crippen LogP contribution is 2.65. The highest BCUT2D eigenvalue weighted by atomic mass is 19.1. The van der Waals surface area contributed by atoms with Crippen molar-refractivity contribution in [1.29, 1.82) is 0 Å². The molecule has 6 atom stereocenters. The molecule has 7 rings (SSSR count). The predicted molar refractivity (Wildman–Crippen MR) is 109 cm³/mol. The Hall–Kier alpha value is -3.02. The maximum atomic E-state index is 13.3. The van der Waals surface area contributed by atoms with Gasteiger partial charge in [-0.3, -0.25) is 9.59 Å². The van der Waals surface area contributed by atoms with E-state index in [2.05, 4.69) is 17.3 Å². The zero-order valence-electron chi connectivity index (χ0n) is 16.8. The van der Waals surface area contributed by atoms with Crippen molar-refractivity contribution in [3.63, 3.8) is 0 Å². The molecule has 0 spiro atoms. The first kappa shape index (κ1) is 17.8. The minimum atomic E-state index is -0.281. The average Bonchev–Trinajstić information content (AvgIpc) is 3.46. The van der Waals surface area contributed by atoms with Crippen LogP contribution in [0.1, 0.15) is 23.4 Å². The monoisotopic (exact) mass is 403 g/mol. The molecule has 0 radical (unpaired) electrons. The van der Waals surface area contributed by atoms with Crippen molar-refractivity contribution in [2.75, 3.05) is 0 Å². The molecular formula is C24H22FN3O2. The zero-order valence-corrected chi connectivity index (χ0v) is 16.8. The van der Waals surface area contributed by atoms with Crippen LogP contribution in [0.2, 0.25) is 0 Å². The Morgan fingerprint density at radius 3 is 2.20 bits per heavy atom. The summed E-state index contributed by atoms with van der Waals surface area (Å²) in [6, 6.07) is 8.27. The number of aryl methyl sites for hydroxylation is 1. The van der Waals surface area contributed by atoms with Crippen molar-refractivity contribution in [3.8, 4) is 5.69 Å². The lowest BCUT2D eigenvalue weighted by Crippen LogP contribution is -2.40. The van der Waals surface area contributed by atoms with Gasteiger partial charge in [-0.15, -0.1) is 0 Å². The Labute approximate surface area is 173 Å². The summed E-state index contributed by atoms with van der Waals surface area (Å²) < 4.78 is 15.3. The molecule has 2 amide bonds. The van der Waals surface area contributed by atoms with Crippen LogP contribution >= 0.6 is 0 Å². The number of hydrazone groups is 1. The molecule has 2 saturated carbocycles. The molecule has 2 aromatic rings. The molecule has 1 aromatic carbocycles. The number of carbonyl (C=O) groups excluding carboxylic acids is 2. The van der Waals surface area contributed by atoms with Gasteiger partial charge in [-0.05, 0) is 74.3 Å². The number of benzene rings is 1. The van der Waals surface area contributed by atoms with Crippen LogP contribution in [0.25, 0.3) is 5.69 Å². The zero-order chi connectivity index (χ0) is 20.7. The van der Waals surface area contributed by atoms with Crippen LogP contribution in [-0.2, 0) is 9.59 Å². The highest BCUT2D eigenvalue weighted by Gasteiger charge is 2.67. The average molecular weight is 403 g/mol. The quantitative estimate of drug-likeness (QED) is 0.447. The highest BCUT2D eigenvalue weighted by molar-refractivity contribution is 6.06. The summed E-state index contributed by atoms with van der Waals surface area (Å²) in [5.74, 6) is 0.497. The SMILES string of the molecule is Cc1cc(/C=N\N2C(=O)[C@@H]3[C@H]4C=C[C@@H]([C@@H]5C[C@H]45)[C@H]3C2=O)c(C)n1-c1ccc(F)cc1. The maximum Gasteiger partial charge on any atom is 0.254 e. The third kappa shape index (κ3) is 2.30. The third-order valence-corrected chi connectivity index (χ3v) is 7.51. The van der Waals surface area contributed by atoms with E-state index in [9.17, 15) is 14.0 Å². The van der Waals surface area contributed by atoms with Gasteiger partial charge in [0.15, 0.2) is 0 Å². The molecule has 2 bridgehead atoms. The summed E-state index contributed by atoms with van der Waals surface area (Å²) in [7, 11) is 0. The topological polar surface area (TPSA) is 54.7 Å². The first-order valence-electron chi connectivity index (χ1n) is 10.5. The minimum absolute atomic E-state index is 0.154. The number of allylic oxidation sites excluding steroid dienone is 2. The van der Waals surface area contributed by atoms with E-state index in [4.69, 9.17) is 0 Å². The molecule has 3 fully saturated rings. The fourth-order valence-electron chi connectivity index (χ4n) is 6.08. The predicted octanol–water partition coefficient (Wildman–Crippen LogP) is 3.62. The Balaban J connectivity index is 1.30. The van der Waals surface area contributed by atoms with Crippen molar-refractivity contribution in [2.45, 2.75) is 20.3 Å². The van der Waals surface area contributed by atoms with Gasteiger partial charge in [0, 0.05) is 22.6 Å². The standard InChI is InChI=1S/C24H22FN3O2/c1-12-9-14(13(2)27(12)16-5-3-15(25)4-6-16)11-26-28-23(29)21-17-7-8-18(20-10-19(17)20)22(21)24(28)30/h3-9,11,17-22H,10H2,1-2H3/b26-11-/t17-,18-,19-,20+,21+,22+/m0/s1. The van der Waals surface area contributed by atoms with Gasteiger partial charge in [-0.25, -0.2) is 4.39 Å². The normalized spacial score (nSPS) is 33.5. The number of aromatic nitrogens is 1. The van der Waals surface area contributed by atoms with Gasteiger partial charge in [0.25, 0.3) is 11.8 Å². The lowest BCUT2D eigenvalue weighted by Gasteiger charge is -2.37. The molecular weight excluding hydrogens is 381 g/mol. The van der Waals surface area contributed by atoms with Crippen LogP contribution in [0, 0.1) is 55.2 Å². The van der Waals surface area contributed by atoms with E-state index in [1.54, 1.807) is 18.3 Å². The summed E-state index contributed by atoms with van der Waals surface area (Å²) in [5.41, 5.74) is 3.57. The number of carbonyl (C=O) groups is 2. The lowest BCUT2D eigenvalue weighted by molar-refractivity contribution is -0.140. The number of rotatable bonds is 3. The fourth-order valence-corrected chi connectivity index (χ4v) is 6.08. The molecule has 1 aromatic heterocycles. The molecule has 0 unspecified atom stereocenters. The molecule has 0 N–H and O–H groups in total. The number of amides is 2. The second-order valence-corrected chi connectivity index (χ2v) is 9.03. The van der Waals surface area contributed by atoms with Crippen LogP contribution in [0.4, 0.5) is 4.39 Å². The van der Waals surface area contributed by atoms with Gasteiger partial charge >= 0.3 is 0 Å². The van der Waals surface area contributed by atoms with Crippen molar-refractivity contribution in [3.05, 3.63) is 65.3 Å². The van der Waals surface area contributed by atoms with E-state index in [0.717, 1.165) is 34.1 Å². The van der Waals surface area contributed by atoms with E-state index >= 15 is 0 Å². The van der Waals surface area contributed by atoms with Gasteiger partial charge in [-0.2, -0.15) is 10.1 Å². The second kappa shape index (κ2) is 6.00. The fraction of sp³-hybridized carbons (Fsp3) is 0.375. The number of hydrogen-bond acceptors (Lipinski definition) is 3. The largest absolute Gasteiger partial charge is 0.318 e. The molecule has 2 heterocycles. The molecule has 152 valence electrons. The number of hydrogen-bond donors (Lipinski definition) is 0. The Kier molecular flexibility index (Phi) is 3.56. The molecule has 1 saturated heterocycles. The molecule has 5 nitrogen and oxygen atoms in total. The Morgan fingerprint density at radius 2 is 1.60 bits per heavy atom. The van der Waals surface area contributed by atoms with Crippen LogP contribution in [-0.4, -0.2) is 27.6 Å². The number of nitrogens with zero attached hydrogens (tertiary/aromatic N) is 3. The van der Waals surface area contributed by atoms with Crippen LogP contribution in [0.3, 0.4) is 0 Å². The van der Waals surface area contributed by atoms with E-state index < -0.39 is 0 Å². The van der Waals surface area contributed by atoms with Crippen LogP contribution in [0.5, 0.6) is 0 Å². The van der Waals surface area contributed by atoms with E-state index in [-0.39, 0.29) is 41.3 Å². The summed E-state index contributed by atoms with van der Waals surface area (Å²) in [6.45, 7) is 3.91. The molecule has 30 heavy (non-hydrogen) atoms. The number of imide groups is 1. The Bertz CT molecular complexity index is 1110. The lowest BCUT2D eigenvalue weighted by atomic mass is 9.63. The van der Waals surface area contributed by atoms with Crippen molar-refractivity contribution in [2.24, 2.45) is 40.6 Å². The summed E-state index contributed by atoms with van der Waals surface area (Å²) in [6.07, 6.45) is 7.07. The van der Waals surface area contributed by atoms with Gasteiger partial charge in [-0.1, -0.05) is 12.2 Å². The summed E-state index contributed by atoms with van der Waals surface area (Å²) >= 11 is 0. The summed E-state index contributed by atoms with van der Waals surface area (Å²) in [4.78, 5) is 26.1. The number of halogens is 1. The maximum absolute atomic E-state index is 13.3. The molecule has 1 aliphatic heterocycles.